The minimum atomic E-state index is -1.11. The van der Waals surface area contributed by atoms with Crippen LogP contribution in [0.1, 0.15) is 22.5 Å². The van der Waals surface area contributed by atoms with Crippen molar-refractivity contribution in [3.05, 3.63) is 41.6 Å². The molecule has 0 aliphatic rings. The van der Waals surface area contributed by atoms with Gasteiger partial charge in [-0.3, -0.25) is 9.89 Å². The van der Waals surface area contributed by atoms with Crippen LogP contribution in [0.25, 0.3) is 0 Å². The van der Waals surface area contributed by atoms with E-state index in [4.69, 9.17) is 5.11 Å². The van der Waals surface area contributed by atoms with Crippen molar-refractivity contribution in [2.24, 2.45) is 0 Å². The zero-order valence-electron chi connectivity index (χ0n) is 11.4. The van der Waals surface area contributed by atoms with Crippen LogP contribution in [0.15, 0.2) is 35.2 Å². The highest BCUT2D eigenvalue weighted by molar-refractivity contribution is 7.99. The largest absolute Gasteiger partial charge is 0.477 e. The Hall–Kier alpha value is -2.28. The van der Waals surface area contributed by atoms with Gasteiger partial charge in [0.05, 0.1) is 0 Å². The number of carboxylic acid groups (broad SMARTS) is 1. The van der Waals surface area contributed by atoms with Gasteiger partial charge in [-0.05, 0) is 19.1 Å². The number of rotatable bonds is 6. The molecule has 2 rings (SSSR count). The Labute approximate surface area is 126 Å². The summed E-state index contributed by atoms with van der Waals surface area (Å²) in [6.07, 6.45) is 0.327. The zero-order chi connectivity index (χ0) is 15.2. The van der Waals surface area contributed by atoms with Crippen molar-refractivity contribution in [2.45, 2.75) is 18.2 Å². The lowest BCUT2D eigenvalue weighted by Gasteiger charge is -2.03. The van der Waals surface area contributed by atoms with Crippen LogP contribution >= 0.6 is 11.8 Å². The summed E-state index contributed by atoms with van der Waals surface area (Å²) in [5, 5.41) is 17.3. The molecule has 0 unspecified atom stereocenters. The van der Waals surface area contributed by atoms with E-state index in [0.29, 0.717) is 12.2 Å². The molecule has 0 bridgehead atoms. The van der Waals surface area contributed by atoms with Crippen LogP contribution in [0.5, 0.6) is 0 Å². The van der Waals surface area contributed by atoms with Crippen molar-refractivity contribution in [1.29, 1.82) is 0 Å². The van der Waals surface area contributed by atoms with Gasteiger partial charge in [0.1, 0.15) is 5.69 Å². The Morgan fingerprint density at radius 2 is 2.05 bits per heavy atom. The number of aromatic nitrogens is 2. The molecule has 6 nitrogen and oxygen atoms in total. The van der Waals surface area contributed by atoms with E-state index < -0.39 is 5.97 Å². The van der Waals surface area contributed by atoms with Gasteiger partial charge < -0.3 is 10.4 Å². The summed E-state index contributed by atoms with van der Waals surface area (Å²) < 4.78 is 0. The molecule has 0 atom stereocenters. The van der Waals surface area contributed by atoms with Crippen molar-refractivity contribution in [2.75, 3.05) is 11.1 Å². The molecule has 0 spiro atoms. The van der Waals surface area contributed by atoms with E-state index in [0.717, 1.165) is 4.90 Å². The number of hydrogen-bond donors (Lipinski definition) is 3. The number of aromatic amines is 1. The average Bonchev–Trinajstić information content (AvgIpc) is 2.90. The third-order valence-electron chi connectivity index (χ3n) is 2.69. The number of nitrogens with one attached hydrogen (secondary N) is 2. The van der Waals surface area contributed by atoms with Gasteiger partial charge in [-0.15, -0.1) is 11.8 Å². The number of benzene rings is 1. The van der Waals surface area contributed by atoms with Gasteiger partial charge in [0.15, 0.2) is 5.82 Å². The quantitative estimate of drug-likeness (QED) is 0.713. The number of thioether (sulfide) groups is 1. The highest BCUT2D eigenvalue weighted by Crippen LogP contribution is 2.19. The molecule has 2 aromatic rings. The van der Waals surface area contributed by atoms with Crippen molar-refractivity contribution < 1.29 is 14.7 Å². The lowest BCUT2D eigenvalue weighted by molar-refractivity contribution is -0.115. The first-order valence-corrected chi connectivity index (χ1v) is 7.31. The smallest absolute Gasteiger partial charge is 0.353 e. The summed E-state index contributed by atoms with van der Waals surface area (Å²) in [5.74, 6) is -0.445. The fourth-order valence-electron chi connectivity index (χ4n) is 1.60. The van der Waals surface area contributed by atoms with Crippen LogP contribution in [0.2, 0.25) is 0 Å². The van der Waals surface area contributed by atoms with Crippen LogP contribution in [0.3, 0.4) is 0 Å². The van der Waals surface area contributed by atoms with Crippen molar-refractivity contribution in [3.63, 3.8) is 0 Å². The Morgan fingerprint density at radius 3 is 2.67 bits per heavy atom. The minimum absolute atomic E-state index is 0.0562. The molecule has 0 saturated heterocycles. The Kier molecular flexibility index (Phi) is 4.99. The molecular formula is C14H15N3O3S. The van der Waals surface area contributed by atoms with E-state index in [1.165, 1.54) is 11.6 Å². The topological polar surface area (TPSA) is 95.1 Å². The van der Waals surface area contributed by atoms with Crippen LogP contribution in [-0.2, 0) is 4.79 Å². The molecule has 0 fully saturated rings. The van der Waals surface area contributed by atoms with E-state index in [2.05, 4.69) is 15.5 Å². The molecule has 21 heavy (non-hydrogen) atoms. The highest BCUT2D eigenvalue weighted by Gasteiger charge is 2.10. The number of H-pyrrole nitrogens is 1. The molecule has 1 amide bonds. The summed E-state index contributed by atoms with van der Waals surface area (Å²) in [4.78, 5) is 23.5. The van der Waals surface area contributed by atoms with Crippen molar-refractivity contribution >= 4 is 29.5 Å². The van der Waals surface area contributed by atoms with Gasteiger partial charge in [0, 0.05) is 23.1 Å². The van der Waals surface area contributed by atoms with Crippen LogP contribution in [-0.4, -0.2) is 32.9 Å². The van der Waals surface area contributed by atoms with Gasteiger partial charge in [0.2, 0.25) is 5.91 Å². The number of hydrogen-bond acceptors (Lipinski definition) is 4. The highest BCUT2D eigenvalue weighted by atomic mass is 32.2. The van der Waals surface area contributed by atoms with Crippen LogP contribution < -0.4 is 5.32 Å². The Bertz CT molecular complexity index is 637. The minimum Gasteiger partial charge on any atom is -0.477 e. The first kappa shape index (κ1) is 15.1. The first-order valence-electron chi connectivity index (χ1n) is 6.32. The summed E-state index contributed by atoms with van der Waals surface area (Å²) in [6.45, 7) is 2.02. The van der Waals surface area contributed by atoms with Crippen LogP contribution in [0.4, 0.5) is 5.82 Å². The Morgan fingerprint density at radius 1 is 1.33 bits per heavy atom. The predicted molar refractivity (Wildman–Crippen MR) is 80.7 cm³/mol. The van der Waals surface area contributed by atoms with Gasteiger partial charge >= 0.3 is 5.97 Å². The molecule has 1 aromatic heterocycles. The molecule has 1 heterocycles. The SMILES string of the molecule is Cc1ccc(SCCC(=O)Nc2cc(C(=O)O)[nH]n2)cc1. The third kappa shape index (κ3) is 4.64. The summed E-state index contributed by atoms with van der Waals surface area (Å²) in [5.41, 5.74) is 1.14. The molecule has 110 valence electrons. The maximum Gasteiger partial charge on any atom is 0.353 e. The van der Waals surface area contributed by atoms with Gasteiger partial charge in [-0.1, -0.05) is 17.7 Å². The predicted octanol–water partition coefficient (Wildman–Crippen LogP) is 2.54. The summed E-state index contributed by atoms with van der Waals surface area (Å²) in [7, 11) is 0. The second-order valence-electron chi connectivity index (χ2n) is 4.43. The molecule has 3 N–H and O–H groups in total. The molecule has 0 radical (unpaired) electrons. The summed E-state index contributed by atoms with van der Waals surface area (Å²) >= 11 is 1.59. The monoisotopic (exact) mass is 305 g/mol. The van der Waals surface area contributed by atoms with Gasteiger partial charge in [0.25, 0.3) is 0 Å². The van der Waals surface area contributed by atoms with Crippen LogP contribution in [0, 0.1) is 6.92 Å². The first-order chi connectivity index (χ1) is 10.0. The number of anilines is 1. The van der Waals surface area contributed by atoms with Gasteiger partial charge in [-0.2, -0.15) is 5.10 Å². The number of amides is 1. The second-order valence-corrected chi connectivity index (χ2v) is 5.60. The fraction of sp³-hybridized carbons (Fsp3) is 0.214. The van der Waals surface area contributed by atoms with Gasteiger partial charge in [-0.25, -0.2) is 4.79 Å². The van der Waals surface area contributed by atoms with Crippen molar-refractivity contribution in [1.82, 2.24) is 10.2 Å². The number of nitrogens with zero attached hydrogens (tertiary/aromatic N) is 1. The van der Waals surface area contributed by atoms with Crippen molar-refractivity contribution in [3.8, 4) is 0 Å². The average molecular weight is 305 g/mol. The van der Waals surface area contributed by atoms with E-state index in [9.17, 15) is 9.59 Å². The summed E-state index contributed by atoms with van der Waals surface area (Å²) in [6, 6.07) is 9.38. The maximum absolute atomic E-state index is 11.7. The lowest BCUT2D eigenvalue weighted by atomic mass is 10.2. The maximum atomic E-state index is 11.7. The van der Waals surface area contributed by atoms with E-state index in [1.54, 1.807) is 11.8 Å². The number of carbonyl (C=O) groups is 2. The molecule has 7 heteroatoms. The standard InChI is InChI=1S/C14H15N3O3S/c1-9-2-4-10(5-3-9)21-7-6-13(18)15-12-8-11(14(19)20)16-17-12/h2-5,8H,6-7H2,1H3,(H,19,20)(H2,15,16,17,18). The lowest BCUT2D eigenvalue weighted by Crippen LogP contribution is -2.12. The number of carboxylic acids is 1. The normalized spacial score (nSPS) is 10.3. The number of aromatic carboxylic acids is 1. The van der Waals surface area contributed by atoms with E-state index >= 15 is 0 Å². The molecule has 1 aromatic carbocycles. The molecule has 0 aliphatic carbocycles. The van der Waals surface area contributed by atoms with E-state index in [-0.39, 0.29) is 17.4 Å². The molecule has 0 saturated carbocycles. The molecular weight excluding hydrogens is 290 g/mol. The number of carbonyl (C=O) groups excluding carboxylic acids is 1. The zero-order valence-corrected chi connectivity index (χ0v) is 12.2. The second kappa shape index (κ2) is 6.94. The third-order valence-corrected chi connectivity index (χ3v) is 3.71. The Balaban J connectivity index is 1.76. The number of aryl methyl sites for hydroxylation is 1. The van der Waals surface area contributed by atoms with E-state index in [1.807, 2.05) is 31.2 Å². The fourth-order valence-corrected chi connectivity index (χ4v) is 2.45. The molecule has 0 aliphatic heterocycles.